The van der Waals surface area contributed by atoms with Crippen molar-refractivity contribution in [2.45, 2.75) is 31.6 Å². The van der Waals surface area contributed by atoms with Crippen LogP contribution in [0.4, 0.5) is 11.6 Å². The van der Waals surface area contributed by atoms with Crippen LogP contribution in [0.1, 0.15) is 11.6 Å². The average molecular weight is 344 g/mol. The molecule has 0 saturated carbocycles. The van der Waals surface area contributed by atoms with E-state index in [1.54, 1.807) is 6.26 Å². The molecule has 0 aliphatic carbocycles. The average Bonchev–Trinajstić information content (AvgIpc) is 3.19. The molecule has 1 unspecified atom stereocenters. The molecule has 1 atom stereocenters. The fraction of sp³-hybridized carbons (Fsp3) is 0.471. The van der Waals surface area contributed by atoms with Crippen LogP contribution in [0.3, 0.4) is 0 Å². The van der Waals surface area contributed by atoms with Gasteiger partial charge in [-0.2, -0.15) is 0 Å². The van der Waals surface area contributed by atoms with Crippen LogP contribution in [0.15, 0.2) is 27.8 Å². The summed E-state index contributed by atoms with van der Waals surface area (Å²) in [5.74, 6) is 1.32. The van der Waals surface area contributed by atoms with Crippen molar-refractivity contribution in [2.75, 3.05) is 25.6 Å². The number of hydrogen-bond acceptors (Lipinski definition) is 6. The van der Waals surface area contributed by atoms with Gasteiger partial charge in [0.1, 0.15) is 11.4 Å². The predicted octanol–water partition coefficient (Wildman–Crippen LogP) is 3.93. The number of ether oxygens (including phenoxy) is 1. The zero-order chi connectivity index (χ0) is 17.2. The monoisotopic (exact) mass is 344 g/mol. The van der Waals surface area contributed by atoms with Crippen molar-refractivity contribution < 1.29 is 9.15 Å². The van der Waals surface area contributed by atoms with Crippen LogP contribution in [0.25, 0.3) is 11.5 Å². The van der Waals surface area contributed by atoms with Crippen molar-refractivity contribution in [1.29, 1.82) is 0 Å². The summed E-state index contributed by atoms with van der Waals surface area (Å²) in [5, 5.41) is 3.01. The van der Waals surface area contributed by atoms with Crippen molar-refractivity contribution in [3.05, 3.63) is 24.1 Å². The summed E-state index contributed by atoms with van der Waals surface area (Å²) in [6.07, 6.45) is 3.54. The summed E-state index contributed by atoms with van der Waals surface area (Å²) < 4.78 is 11.4. The quantitative estimate of drug-likeness (QED) is 0.608. The Bertz CT molecular complexity index is 723. The second kappa shape index (κ2) is 6.86. The Balaban J connectivity index is 1.78. The van der Waals surface area contributed by atoms with Crippen LogP contribution >= 0.6 is 0 Å². The van der Waals surface area contributed by atoms with Gasteiger partial charge in [0, 0.05) is 27.9 Å². The Morgan fingerprint density at radius 3 is 2.79 bits per heavy atom. The Labute approximate surface area is 143 Å². The maximum absolute atomic E-state index is 5.89. The van der Waals surface area contributed by atoms with Crippen molar-refractivity contribution in [1.82, 2.24) is 9.97 Å². The third-order valence-corrected chi connectivity index (χ3v) is 5.62. The number of nitrogens with zero attached hydrogens (tertiary/aromatic N) is 3. The molecule has 0 aromatic carbocycles. The SMILES string of the molecule is CNc1nc(-c2ccco2)c2c(n1)C(COCC[Si](C)(C)C)C=N2. The third kappa shape index (κ3) is 3.73. The summed E-state index contributed by atoms with van der Waals surface area (Å²) in [6, 6.07) is 4.89. The number of nitrogens with one attached hydrogen (secondary N) is 1. The van der Waals surface area contributed by atoms with Gasteiger partial charge in [-0.15, -0.1) is 0 Å². The van der Waals surface area contributed by atoms with E-state index in [4.69, 9.17) is 9.15 Å². The summed E-state index contributed by atoms with van der Waals surface area (Å²) in [7, 11) is 0.736. The molecule has 0 fully saturated rings. The lowest BCUT2D eigenvalue weighted by atomic mass is 10.1. The Morgan fingerprint density at radius 1 is 1.29 bits per heavy atom. The molecule has 0 bridgehead atoms. The largest absolute Gasteiger partial charge is 0.463 e. The second-order valence-electron chi connectivity index (χ2n) is 7.13. The highest BCUT2D eigenvalue weighted by Crippen LogP contribution is 2.39. The van der Waals surface area contributed by atoms with Crippen LogP contribution in [0.2, 0.25) is 25.7 Å². The minimum Gasteiger partial charge on any atom is -0.463 e. The molecule has 1 aliphatic rings. The van der Waals surface area contributed by atoms with E-state index in [-0.39, 0.29) is 5.92 Å². The molecule has 7 heteroatoms. The molecule has 1 aliphatic heterocycles. The number of anilines is 1. The maximum Gasteiger partial charge on any atom is 0.223 e. The van der Waals surface area contributed by atoms with Crippen molar-refractivity contribution in [2.24, 2.45) is 4.99 Å². The van der Waals surface area contributed by atoms with Gasteiger partial charge in [-0.25, -0.2) is 9.97 Å². The maximum atomic E-state index is 5.89. The van der Waals surface area contributed by atoms with E-state index in [0.29, 0.717) is 18.3 Å². The van der Waals surface area contributed by atoms with Gasteiger partial charge in [-0.3, -0.25) is 4.99 Å². The zero-order valence-corrected chi connectivity index (χ0v) is 15.7. The first-order chi connectivity index (χ1) is 11.5. The molecule has 128 valence electrons. The molecule has 1 N–H and O–H groups in total. The number of aromatic nitrogens is 2. The number of aliphatic imine (C=N–C) groups is 1. The highest BCUT2D eigenvalue weighted by Gasteiger charge is 2.27. The van der Waals surface area contributed by atoms with E-state index < -0.39 is 8.07 Å². The van der Waals surface area contributed by atoms with E-state index in [9.17, 15) is 0 Å². The molecule has 0 radical (unpaired) electrons. The van der Waals surface area contributed by atoms with Crippen LogP contribution in [0, 0.1) is 0 Å². The van der Waals surface area contributed by atoms with Gasteiger partial charge in [0.05, 0.1) is 24.5 Å². The summed E-state index contributed by atoms with van der Waals surface area (Å²) in [6.45, 7) is 8.45. The van der Waals surface area contributed by atoms with Gasteiger partial charge < -0.3 is 14.5 Å². The molecule has 0 saturated heterocycles. The minimum absolute atomic E-state index is 0.0606. The standard InChI is InChI=1S/C17H24N4O2Si/c1-18-17-20-14-12(11-22-8-9-24(2,3)4)10-19-16(14)15(21-17)13-6-5-7-23-13/h5-7,10,12H,8-9,11H2,1-4H3,(H,18,20,21). The molecular formula is C17H24N4O2Si. The third-order valence-electron chi connectivity index (χ3n) is 3.92. The van der Waals surface area contributed by atoms with E-state index in [1.165, 1.54) is 0 Å². The summed E-state index contributed by atoms with van der Waals surface area (Å²) in [5.41, 5.74) is 2.40. The fourth-order valence-corrected chi connectivity index (χ4v) is 3.26. The molecule has 6 nitrogen and oxygen atoms in total. The second-order valence-corrected chi connectivity index (χ2v) is 12.7. The lowest BCUT2D eigenvalue weighted by molar-refractivity contribution is 0.145. The van der Waals surface area contributed by atoms with Crippen LogP contribution in [0.5, 0.6) is 0 Å². The van der Waals surface area contributed by atoms with E-state index in [1.807, 2.05) is 25.4 Å². The highest BCUT2D eigenvalue weighted by atomic mass is 28.3. The molecule has 0 spiro atoms. The first kappa shape index (κ1) is 16.9. The number of hydrogen-bond donors (Lipinski definition) is 1. The Kier molecular flexibility index (Phi) is 4.82. The smallest absolute Gasteiger partial charge is 0.223 e. The molecular weight excluding hydrogens is 320 g/mol. The van der Waals surface area contributed by atoms with Gasteiger partial charge in [0.2, 0.25) is 5.95 Å². The zero-order valence-electron chi connectivity index (χ0n) is 14.7. The topological polar surface area (TPSA) is 72.5 Å². The minimum atomic E-state index is -1.07. The number of furan rings is 1. The normalized spacial score (nSPS) is 16.4. The molecule has 0 amide bonds. The van der Waals surface area contributed by atoms with Crippen molar-refractivity contribution >= 4 is 25.9 Å². The highest BCUT2D eigenvalue weighted by molar-refractivity contribution is 6.76. The van der Waals surface area contributed by atoms with E-state index in [2.05, 4.69) is 39.9 Å². The van der Waals surface area contributed by atoms with Crippen LogP contribution in [-0.4, -0.2) is 44.5 Å². The number of rotatable bonds is 7. The number of fused-ring (bicyclic) bond motifs is 1. The molecule has 3 rings (SSSR count). The van der Waals surface area contributed by atoms with E-state index >= 15 is 0 Å². The first-order valence-electron chi connectivity index (χ1n) is 8.23. The lowest BCUT2D eigenvalue weighted by Crippen LogP contribution is -2.22. The van der Waals surface area contributed by atoms with Crippen molar-refractivity contribution in [3.8, 4) is 11.5 Å². The summed E-state index contributed by atoms with van der Waals surface area (Å²) >= 11 is 0. The predicted molar refractivity (Wildman–Crippen MR) is 99.1 cm³/mol. The van der Waals surface area contributed by atoms with Gasteiger partial charge in [-0.1, -0.05) is 19.6 Å². The van der Waals surface area contributed by atoms with Gasteiger partial charge >= 0.3 is 0 Å². The molecule has 3 heterocycles. The van der Waals surface area contributed by atoms with Crippen LogP contribution in [-0.2, 0) is 4.74 Å². The Morgan fingerprint density at radius 2 is 2.12 bits per heavy atom. The first-order valence-corrected chi connectivity index (χ1v) is 11.9. The van der Waals surface area contributed by atoms with E-state index in [0.717, 1.165) is 29.7 Å². The molecule has 2 aromatic heterocycles. The fourth-order valence-electron chi connectivity index (χ4n) is 2.50. The molecule has 2 aromatic rings. The summed E-state index contributed by atoms with van der Waals surface area (Å²) in [4.78, 5) is 13.6. The van der Waals surface area contributed by atoms with Gasteiger partial charge in [-0.05, 0) is 18.2 Å². The van der Waals surface area contributed by atoms with Crippen molar-refractivity contribution in [3.63, 3.8) is 0 Å². The van der Waals surface area contributed by atoms with Crippen LogP contribution < -0.4 is 5.32 Å². The lowest BCUT2D eigenvalue weighted by Gasteiger charge is -2.16. The van der Waals surface area contributed by atoms with Gasteiger partial charge in [0.25, 0.3) is 0 Å². The Hall–Kier alpha value is -1.99. The van der Waals surface area contributed by atoms with Gasteiger partial charge in [0.15, 0.2) is 5.76 Å². The molecule has 24 heavy (non-hydrogen) atoms.